The first-order valence-electron chi connectivity index (χ1n) is 7.88. The van der Waals surface area contributed by atoms with Gasteiger partial charge in [-0.1, -0.05) is 40.5 Å². The van der Waals surface area contributed by atoms with E-state index in [9.17, 15) is 0 Å². The summed E-state index contributed by atoms with van der Waals surface area (Å²) in [6, 6.07) is 0. The zero-order chi connectivity index (χ0) is 13.8. The molecule has 2 heteroatoms. The standard InChI is InChI=1S/C16H34P2/c1-7-12(3)16(13(4)8-2)10-14(17-5)9-15(11-16)18-6/h12-15,17-18H,7-11H2,1-6H3. The molecule has 0 saturated heterocycles. The predicted octanol–water partition coefficient (Wildman–Crippen LogP) is 5.60. The maximum Gasteiger partial charge on any atom is -0.0228 e. The smallest absolute Gasteiger partial charge is 0.0228 e. The molecule has 0 bridgehead atoms. The first-order chi connectivity index (χ1) is 8.53. The Balaban J connectivity index is 2.99. The van der Waals surface area contributed by atoms with Crippen LogP contribution in [0.3, 0.4) is 0 Å². The molecular formula is C16H34P2. The highest BCUT2D eigenvalue weighted by atomic mass is 31.1. The second-order valence-electron chi connectivity index (χ2n) is 6.47. The molecule has 1 saturated carbocycles. The fourth-order valence-electron chi connectivity index (χ4n) is 4.05. The minimum Gasteiger partial charge on any atom is -0.122 e. The van der Waals surface area contributed by atoms with Crippen molar-refractivity contribution in [3.8, 4) is 0 Å². The summed E-state index contributed by atoms with van der Waals surface area (Å²) in [5.74, 6) is 1.82. The number of hydrogen-bond donors (Lipinski definition) is 0. The summed E-state index contributed by atoms with van der Waals surface area (Å²) < 4.78 is 0. The summed E-state index contributed by atoms with van der Waals surface area (Å²) in [5, 5.41) is 0. The van der Waals surface area contributed by atoms with Gasteiger partial charge in [0, 0.05) is 0 Å². The average Bonchev–Trinajstić information content (AvgIpc) is 2.44. The Bertz CT molecular complexity index is 215. The molecule has 108 valence electrons. The highest BCUT2D eigenvalue weighted by Gasteiger charge is 2.45. The summed E-state index contributed by atoms with van der Waals surface area (Å²) in [6.45, 7) is 14.7. The van der Waals surface area contributed by atoms with Crippen LogP contribution in [0.15, 0.2) is 0 Å². The highest BCUT2D eigenvalue weighted by Crippen LogP contribution is 2.55. The average molecular weight is 288 g/mol. The van der Waals surface area contributed by atoms with E-state index in [0.717, 1.165) is 40.3 Å². The van der Waals surface area contributed by atoms with E-state index in [1.165, 1.54) is 32.1 Å². The topological polar surface area (TPSA) is 0 Å². The second-order valence-corrected chi connectivity index (χ2v) is 9.25. The van der Waals surface area contributed by atoms with Crippen molar-refractivity contribution in [3.05, 3.63) is 0 Å². The van der Waals surface area contributed by atoms with Gasteiger partial charge in [-0.3, -0.25) is 0 Å². The van der Waals surface area contributed by atoms with Crippen LogP contribution < -0.4 is 0 Å². The molecule has 1 aliphatic rings. The SMILES string of the molecule is CCC(C)C1(C(C)CC)CC(PC)CC(PC)C1. The first kappa shape index (κ1) is 16.9. The molecule has 1 fully saturated rings. The summed E-state index contributed by atoms with van der Waals surface area (Å²) >= 11 is 0. The van der Waals surface area contributed by atoms with E-state index >= 15 is 0 Å². The zero-order valence-corrected chi connectivity index (χ0v) is 15.3. The van der Waals surface area contributed by atoms with E-state index in [1.54, 1.807) is 0 Å². The largest absolute Gasteiger partial charge is 0.122 e. The van der Waals surface area contributed by atoms with E-state index in [-0.39, 0.29) is 0 Å². The van der Waals surface area contributed by atoms with Gasteiger partial charge in [0.25, 0.3) is 0 Å². The predicted molar refractivity (Wildman–Crippen MR) is 91.2 cm³/mol. The van der Waals surface area contributed by atoms with Crippen LogP contribution in [0, 0.1) is 17.3 Å². The molecule has 1 aliphatic carbocycles. The van der Waals surface area contributed by atoms with Crippen molar-refractivity contribution in [2.45, 2.75) is 71.1 Å². The molecule has 0 aliphatic heterocycles. The van der Waals surface area contributed by atoms with Crippen LogP contribution in [0.5, 0.6) is 0 Å². The molecule has 6 unspecified atom stereocenters. The van der Waals surface area contributed by atoms with Crippen LogP contribution in [0.1, 0.15) is 59.8 Å². The van der Waals surface area contributed by atoms with Crippen molar-refractivity contribution in [2.75, 3.05) is 13.3 Å². The molecule has 6 atom stereocenters. The molecule has 18 heavy (non-hydrogen) atoms. The first-order valence-corrected chi connectivity index (χ1v) is 11.0. The summed E-state index contributed by atoms with van der Waals surface area (Å²) in [4.78, 5) is 0. The molecular weight excluding hydrogens is 254 g/mol. The van der Waals surface area contributed by atoms with Crippen LogP contribution in [-0.4, -0.2) is 24.6 Å². The third-order valence-electron chi connectivity index (χ3n) is 5.83. The summed E-state index contributed by atoms with van der Waals surface area (Å²) in [5.41, 5.74) is 2.71. The monoisotopic (exact) mass is 288 g/mol. The zero-order valence-electron chi connectivity index (χ0n) is 13.3. The van der Waals surface area contributed by atoms with Gasteiger partial charge in [-0.05, 0) is 61.2 Å². The molecule has 1 rings (SSSR count). The lowest BCUT2D eigenvalue weighted by Gasteiger charge is -2.51. The molecule has 0 radical (unpaired) electrons. The van der Waals surface area contributed by atoms with Gasteiger partial charge >= 0.3 is 0 Å². The third-order valence-corrected chi connectivity index (χ3v) is 8.34. The van der Waals surface area contributed by atoms with Gasteiger partial charge in [0.15, 0.2) is 0 Å². The fraction of sp³-hybridized carbons (Fsp3) is 1.00. The third kappa shape index (κ3) is 3.49. The van der Waals surface area contributed by atoms with Gasteiger partial charge in [0.2, 0.25) is 0 Å². The Kier molecular flexibility index (Phi) is 7.13. The molecule has 0 aromatic carbocycles. The molecule has 0 aromatic rings. The van der Waals surface area contributed by atoms with E-state index in [2.05, 4.69) is 41.0 Å². The molecule has 0 heterocycles. The summed E-state index contributed by atoms with van der Waals surface area (Å²) in [7, 11) is 2.31. The Morgan fingerprint density at radius 2 is 1.33 bits per heavy atom. The maximum absolute atomic E-state index is 2.53. The molecule has 0 aromatic heterocycles. The minimum absolute atomic E-state index is 0.656. The van der Waals surface area contributed by atoms with Crippen molar-refractivity contribution in [1.29, 1.82) is 0 Å². The van der Waals surface area contributed by atoms with E-state index < -0.39 is 0 Å². The van der Waals surface area contributed by atoms with Gasteiger partial charge in [-0.2, -0.15) is 0 Å². The lowest BCUT2D eigenvalue weighted by molar-refractivity contribution is 0.0410. The Hall–Kier alpha value is 0.860. The van der Waals surface area contributed by atoms with E-state index in [0.29, 0.717) is 5.41 Å². The van der Waals surface area contributed by atoms with Gasteiger partial charge in [-0.25, -0.2) is 0 Å². The van der Waals surface area contributed by atoms with Gasteiger partial charge in [0.1, 0.15) is 0 Å². The Morgan fingerprint density at radius 3 is 1.61 bits per heavy atom. The maximum atomic E-state index is 2.53. The fourth-order valence-corrected chi connectivity index (χ4v) is 6.50. The highest BCUT2D eigenvalue weighted by molar-refractivity contribution is 7.39. The summed E-state index contributed by atoms with van der Waals surface area (Å²) in [6.07, 6.45) is 7.30. The minimum atomic E-state index is 0.656. The van der Waals surface area contributed by atoms with Gasteiger partial charge in [0.05, 0.1) is 0 Å². The van der Waals surface area contributed by atoms with Crippen LogP contribution >= 0.6 is 17.2 Å². The normalized spacial score (nSPS) is 37.7. The van der Waals surface area contributed by atoms with E-state index in [1.807, 2.05) is 0 Å². The molecule has 0 N–H and O–H groups in total. The van der Waals surface area contributed by atoms with Crippen molar-refractivity contribution in [2.24, 2.45) is 17.3 Å². The van der Waals surface area contributed by atoms with Crippen molar-refractivity contribution in [1.82, 2.24) is 0 Å². The van der Waals surface area contributed by atoms with Gasteiger partial charge in [-0.15, -0.1) is 17.2 Å². The number of rotatable bonds is 6. The van der Waals surface area contributed by atoms with Crippen LogP contribution in [-0.2, 0) is 0 Å². The van der Waals surface area contributed by atoms with Crippen LogP contribution in [0.25, 0.3) is 0 Å². The van der Waals surface area contributed by atoms with Crippen LogP contribution in [0.2, 0.25) is 0 Å². The van der Waals surface area contributed by atoms with E-state index in [4.69, 9.17) is 0 Å². The van der Waals surface area contributed by atoms with Crippen molar-refractivity contribution < 1.29 is 0 Å². The molecule has 0 nitrogen and oxygen atoms in total. The number of hydrogen-bond acceptors (Lipinski definition) is 0. The van der Waals surface area contributed by atoms with Crippen molar-refractivity contribution in [3.63, 3.8) is 0 Å². The van der Waals surface area contributed by atoms with Crippen molar-refractivity contribution >= 4 is 17.2 Å². The Morgan fingerprint density at radius 1 is 0.944 bits per heavy atom. The molecule has 0 amide bonds. The quantitative estimate of drug-likeness (QED) is 0.558. The van der Waals surface area contributed by atoms with Gasteiger partial charge < -0.3 is 0 Å². The second kappa shape index (κ2) is 7.59. The van der Waals surface area contributed by atoms with Crippen LogP contribution in [0.4, 0.5) is 0 Å². The lowest BCUT2D eigenvalue weighted by Crippen LogP contribution is -2.44. The molecule has 0 spiro atoms. The Labute approximate surface area is 119 Å². The lowest BCUT2D eigenvalue weighted by atomic mass is 9.58.